The number of carbonyl (C=O) groups is 1. The van der Waals surface area contributed by atoms with Crippen molar-refractivity contribution in [3.8, 4) is 0 Å². The number of para-hydroxylation sites is 2. The molecule has 0 saturated carbocycles. The molecule has 0 atom stereocenters. The van der Waals surface area contributed by atoms with Crippen LogP contribution < -0.4 is 10.3 Å². The van der Waals surface area contributed by atoms with E-state index in [1.54, 1.807) is 5.38 Å². The van der Waals surface area contributed by atoms with Crippen molar-refractivity contribution in [1.82, 2.24) is 15.0 Å². The van der Waals surface area contributed by atoms with E-state index < -0.39 is 17.5 Å². The Balaban J connectivity index is 1.53. The first kappa shape index (κ1) is 18.7. The second kappa shape index (κ2) is 7.76. The standard InChI is InChI=1S/C19H14F2N6OS/c1-11(28)27(17-7-6-12(20)8-14(17)21)19-23-13(10-29-19)9-22-26-18-24-15-4-2-3-5-16(15)25-18/h2-10H,1H3,(H2,24,25,26)/b22-9-. The highest BCUT2D eigenvalue weighted by Gasteiger charge is 2.21. The van der Waals surface area contributed by atoms with Crippen molar-refractivity contribution in [2.45, 2.75) is 6.92 Å². The monoisotopic (exact) mass is 412 g/mol. The third kappa shape index (κ3) is 3.97. The second-order valence-electron chi connectivity index (χ2n) is 5.98. The Morgan fingerprint density at radius 1 is 1.24 bits per heavy atom. The van der Waals surface area contributed by atoms with Crippen molar-refractivity contribution < 1.29 is 13.6 Å². The second-order valence-corrected chi connectivity index (χ2v) is 6.81. The minimum Gasteiger partial charge on any atom is -0.323 e. The van der Waals surface area contributed by atoms with Crippen LogP contribution in [0.5, 0.6) is 0 Å². The average molecular weight is 412 g/mol. The van der Waals surface area contributed by atoms with E-state index in [-0.39, 0.29) is 10.8 Å². The number of imidazole rings is 1. The molecule has 10 heteroatoms. The Hall–Kier alpha value is -3.66. The van der Waals surface area contributed by atoms with Crippen LogP contribution in [0.2, 0.25) is 0 Å². The van der Waals surface area contributed by atoms with Crippen LogP contribution in [-0.4, -0.2) is 27.1 Å². The highest BCUT2D eigenvalue weighted by Crippen LogP contribution is 2.30. The first-order valence-corrected chi connectivity index (χ1v) is 9.34. The van der Waals surface area contributed by atoms with Crippen molar-refractivity contribution in [2.75, 3.05) is 10.3 Å². The average Bonchev–Trinajstić information content (AvgIpc) is 3.30. The van der Waals surface area contributed by atoms with Crippen LogP contribution in [0, 0.1) is 11.6 Å². The molecule has 2 aromatic heterocycles. The molecule has 0 unspecified atom stereocenters. The fourth-order valence-corrected chi connectivity index (χ4v) is 3.50. The van der Waals surface area contributed by atoms with Gasteiger partial charge in [0, 0.05) is 18.4 Å². The maximum Gasteiger partial charge on any atom is 0.230 e. The zero-order valence-corrected chi connectivity index (χ0v) is 15.9. The first-order valence-electron chi connectivity index (χ1n) is 8.46. The number of hydrazone groups is 1. The molecule has 29 heavy (non-hydrogen) atoms. The number of hydrogen-bond donors (Lipinski definition) is 2. The summed E-state index contributed by atoms with van der Waals surface area (Å²) < 4.78 is 27.3. The van der Waals surface area contributed by atoms with Gasteiger partial charge in [-0.2, -0.15) is 5.10 Å². The lowest BCUT2D eigenvalue weighted by Gasteiger charge is -2.18. The fraction of sp³-hybridized carbons (Fsp3) is 0.0526. The topological polar surface area (TPSA) is 86.3 Å². The van der Waals surface area contributed by atoms with Crippen molar-refractivity contribution in [2.24, 2.45) is 5.10 Å². The maximum absolute atomic E-state index is 14.1. The van der Waals surface area contributed by atoms with Gasteiger partial charge in [0.1, 0.15) is 11.6 Å². The number of hydrogen-bond acceptors (Lipinski definition) is 6. The van der Waals surface area contributed by atoms with E-state index in [4.69, 9.17) is 0 Å². The molecule has 2 aromatic carbocycles. The molecule has 4 rings (SSSR count). The molecule has 2 N–H and O–H groups in total. The molecule has 4 aromatic rings. The van der Waals surface area contributed by atoms with E-state index in [0.29, 0.717) is 11.6 Å². The van der Waals surface area contributed by atoms with E-state index in [2.05, 4.69) is 25.5 Å². The molecule has 7 nitrogen and oxygen atoms in total. The molecule has 2 heterocycles. The van der Waals surface area contributed by atoms with Crippen molar-refractivity contribution in [3.63, 3.8) is 0 Å². The van der Waals surface area contributed by atoms with Gasteiger partial charge in [-0.05, 0) is 24.3 Å². The largest absolute Gasteiger partial charge is 0.323 e. The molecule has 0 aliphatic heterocycles. The molecule has 0 spiro atoms. The van der Waals surface area contributed by atoms with E-state index >= 15 is 0 Å². The Bertz CT molecular complexity index is 1190. The number of amides is 1. The molecule has 0 aliphatic carbocycles. The quantitative estimate of drug-likeness (QED) is 0.375. The summed E-state index contributed by atoms with van der Waals surface area (Å²) in [5.74, 6) is -1.55. The first-order chi connectivity index (χ1) is 14.0. The fourth-order valence-electron chi connectivity index (χ4n) is 2.67. The summed E-state index contributed by atoms with van der Waals surface area (Å²) in [6.45, 7) is 1.28. The number of aromatic nitrogens is 3. The molecule has 0 radical (unpaired) electrons. The lowest BCUT2D eigenvalue weighted by atomic mass is 10.2. The molecule has 0 aliphatic rings. The van der Waals surface area contributed by atoms with Crippen LogP contribution in [0.4, 0.5) is 25.5 Å². The van der Waals surface area contributed by atoms with Crippen LogP contribution in [-0.2, 0) is 4.79 Å². The van der Waals surface area contributed by atoms with Crippen LogP contribution in [0.1, 0.15) is 12.6 Å². The summed E-state index contributed by atoms with van der Waals surface area (Å²) in [7, 11) is 0. The van der Waals surface area contributed by atoms with E-state index in [9.17, 15) is 13.6 Å². The highest BCUT2D eigenvalue weighted by atomic mass is 32.1. The van der Waals surface area contributed by atoms with E-state index in [1.165, 1.54) is 19.2 Å². The molecule has 0 fully saturated rings. The van der Waals surface area contributed by atoms with Crippen molar-refractivity contribution >= 4 is 51.3 Å². The summed E-state index contributed by atoms with van der Waals surface area (Å²) >= 11 is 1.13. The molecule has 146 valence electrons. The van der Waals surface area contributed by atoms with Crippen molar-refractivity contribution in [3.05, 3.63) is 65.2 Å². The smallest absolute Gasteiger partial charge is 0.230 e. The number of carbonyl (C=O) groups excluding carboxylic acids is 1. The summed E-state index contributed by atoms with van der Waals surface area (Å²) in [5, 5.41) is 5.98. The Morgan fingerprint density at radius 3 is 2.83 bits per heavy atom. The van der Waals surface area contributed by atoms with Crippen LogP contribution in [0.25, 0.3) is 11.0 Å². The van der Waals surface area contributed by atoms with Gasteiger partial charge in [0.2, 0.25) is 11.9 Å². The maximum atomic E-state index is 14.1. The number of anilines is 3. The zero-order valence-electron chi connectivity index (χ0n) is 15.1. The number of rotatable bonds is 5. The van der Waals surface area contributed by atoms with Crippen LogP contribution in [0.15, 0.2) is 52.9 Å². The van der Waals surface area contributed by atoms with E-state index in [1.807, 2.05) is 24.3 Å². The highest BCUT2D eigenvalue weighted by molar-refractivity contribution is 7.14. The lowest BCUT2D eigenvalue weighted by molar-refractivity contribution is -0.115. The number of nitrogens with one attached hydrogen (secondary N) is 2. The van der Waals surface area contributed by atoms with Crippen LogP contribution >= 0.6 is 11.3 Å². The van der Waals surface area contributed by atoms with Gasteiger partial charge < -0.3 is 4.98 Å². The van der Waals surface area contributed by atoms with Gasteiger partial charge in [0.15, 0.2) is 5.13 Å². The van der Waals surface area contributed by atoms with Gasteiger partial charge in [-0.1, -0.05) is 12.1 Å². The normalized spacial score (nSPS) is 11.3. The molecule has 1 amide bonds. The molecule has 0 bridgehead atoms. The zero-order chi connectivity index (χ0) is 20.4. The molecular formula is C19H14F2N6OS. The van der Waals surface area contributed by atoms with Gasteiger partial charge in [-0.25, -0.2) is 24.2 Å². The predicted octanol–water partition coefficient (Wildman–Crippen LogP) is 4.43. The summed E-state index contributed by atoms with van der Waals surface area (Å²) in [6.07, 6.45) is 1.45. The number of H-pyrrole nitrogens is 1. The SMILES string of the molecule is CC(=O)N(c1nc(/C=N\Nc2nc3ccccc3[nH]2)cs1)c1ccc(F)cc1F. The Kier molecular flexibility index (Phi) is 5.00. The van der Waals surface area contributed by atoms with Gasteiger partial charge in [0.25, 0.3) is 0 Å². The Morgan fingerprint density at radius 2 is 2.07 bits per heavy atom. The lowest BCUT2D eigenvalue weighted by Crippen LogP contribution is -2.23. The van der Waals surface area contributed by atoms with E-state index in [0.717, 1.165) is 39.4 Å². The van der Waals surface area contributed by atoms with Gasteiger partial charge in [-0.15, -0.1) is 11.3 Å². The summed E-state index contributed by atoms with van der Waals surface area (Å²) in [6, 6.07) is 10.6. The number of halogens is 2. The number of fused-ring (bicyclic) bond motifs is 1. The number of thiazole rings is 1. The van der Waals surface area contributed by atoms with Gasteiger partial charge >= 0.3 is 0 Å². The predicted molar refractivity (Wildman–Crippen MR) is 109 cm³/mol. The number of benzene rings is 2. The number of nitrogens with zero attached hydrogens (tertiary/aromatic N) is 4. The van der Waals surface area contributed by atoms with Gasteiger partial charge in [-0.3, -0.25) is 9.69 Å². The minimum absolute atomic E-state index is 0.0721. The molecule has 0 saturated heterocycles. The van der Waals surface area contributed by atoms with Crippen LogP contribution in [0.3, 0.4) is 0 Å². The third-order valence-electron chi connectivity index (χ3n) is 3.92. The third-order valence-corrected chi connectivity index (χ3v) is 4.77. The molecular weight excluding hydrogens is 398 g/mol. The summed E-state index contributed by atoms with van der Waals surface area (Å²) in [4.78, 5) is 24.8. The van der Waals surface area contributed by atoms with Gasteiger partial charge in [0.05, 0.1) is 28.6 Å². The number of aromatic amines is 1. The minimum atomic E-state index is -0.850. The van der Waals surface area contributed by atoms with Crippen molar-refractivity contribution in [1.29, 1.82) is 0 Å². The Labute approximate surface area is 167 Å². The summed E-state index contributed by atoms with van der Waals surface area (Å²) in [5.41, 5.74) is 4.84.